The minimum absolute atomic E-state index is 0.0723. The monoisotopic (exact) mass is 428 g/mol. The number of hydrogen-bond donors (Lipinski definition) is 3. The van der Waals surface area contributed by atoms with Crippen molar-refractivity contribution in [3.63, 3.8) is 0 Å². The van der Waals surface area contributed by atoms with Crippen LogP contribution in [0.25, 0.3) is 0 Å². The van der Waals surface area contributed by atoms with Crippen LogP contribution in [0, 0.1) is 13.8 Å². The molecule has 3 amide bonds. The summed E-state index contributed by atoms with van der Waals surface area (Å²) in [7, 11) is 1.55. The van der Waals surface area contributed by atoms with Crippen LogP contribution < -0.4 is 16.0 Å². The van der Waals surface area contributed by atoms with Crippen LogP contribution in [0.4, 0.5) is 4.79 Å². The molecule has 3 N–H and O–H groups in total. The fraction of sp³-hybridized carbons (Fsp3) is 0.478. The highest BCUT2D eigenvalue weighted by atomic mass is 16.5. The van der Waals surface area contributed by atoms with E-state index in [2.05, 4.69) is 59.8 Å². The molecule has 2 heterocycles. The Labute approximate surface area is 183 Å². The van der Waals surface area contributed by atoms with Gasteiger partial charge in [-0.2, -0.15) is 0 Å². The van der Waals surface area contributed by atoms with Crippen molar-refractivity contribution in [3.8, 4) is 0 Å². The Bertz CT molecular complexity index is 911. The molecule has 1 aromatic heterocycles. The van der Waals surface area contributed by atoms with Crippen LogP contribution >= 0.6 is 0 Å². The van der Waals surface area contributed by atoms with E-state index in [0.717, 1.165) is 13.1 Å². The van der Waals surface area contributed by atoms with Gasteiger partial charge in [0, 0.05) is 32.7 Å². The Kier molecular flexibility index (Phi) is 7.70. The summed E-state index contributed by atoms with van der Waals surface area (Å²) >= 11 is 0. The van der Waals surface area contributed by atoms with Gasteiger partial charge >= 0.3 is 6.03 Å². The van der Waals surface area contributed by atoms with E-state index in [0.29, 0.717) is 24.5 Å². The average molecular weight is 429 g/mol. The maximum Gasteiger partial charge on any atom is 0.315 e. The summed E-state index contributed by atoms with van der Waals surface area (Å²) in [5.41, 5.74) is 4.31. The van der Waals surface area contributed by atoms with E-state index in [1.807, 2.05) is 0 Å². The Hall–Kier alpha value is -2.84. The van der Waals surface area contributed by atoms with E-state index in [4.69, 9.17) is 9.15 Å². The first-order valence-electron chi connectivity index (χ1n) is 10.6. The van der Waals surface area contributed by atoms with E-state index in [-0.39, 0.29) is 30.6 Å². The molecule has 3 rings (SSSR count). The molecular formula is C23H32N4O4. The molecule has 0 radical (unpaired) electrons. The van der Waals surface area contributed by atoms with Gasteiger partial charge in [0.25, 0.3) is 5.91 Å². The summed E-state index contributed by atoms with van der Waals surface area (Å²) in [5, 5.41) is 8.12. The van der Waals surface area contributed by atoms with Crippen molar-refractivity contribution in [2.24, 2.45) is 0 Å². The standard InChI is InChI=1S/C23H32N4O4/c1-15-5-6-18(9-16(15)2)17(3)27-7-8-30-21(13-27)12-26-23(29)25-11-20-10-19(14-31-20)22(28)24-4/h5-6,9-10,14,17,21H,7-8,11-13H2,1-4H3,(H,24,28)(H2,25,26,29)/t17?,21-/m0/s1. The van der Waals surface area contributed by atoms with Gasteiger partial charge in [-0.3, -0.25) is 9.69 Å². The summed E-state index contributed by atoms with van der Waals surface area (Å²) < 4.78 is 11.1. The largest absolute Gasteiger partial charge is 0.467 e. The molecule has 8 nitrogen and oxygen atoms in total. The third-order valence-electron chi connectivity index (χ3n) is 5.79. The van der Waals surface area contributed by atoms with Gasteiger partial charge in [-0.25, -0.2) is 4.79 Å². The van der Waals surface area contributed by atoms with Gasteiger partial charge in [0.2, 0.25) is 0 Å². The first kappa shape index (κ1) is 22.8. The number of nitrogens with one attached hydrogen (secondary N) is 3. The van der Waals surface area contributed by atoms with Crippen LogP contribution in [0.3, 0.4) is 0 Å². The molecule has 1 aliphatic heterocycles. The minimum atomic E-state index is -0.305. The summed E-state index contributed by atoms with van der Waals surface area (Å²) in [5.74, 6) is 0.282. The van der Waals surface area contributed by atoms with E-state index in [1.54, 1.807) is 13.1 Å². The maximum atomic E-state index is 12.1. The molecule has 2 aromatic rings. The van der Waals surface area contributed by atoms with Crippen molar-refractivity contribution in [2.75, 3.05) is 33.3 Å². The van der Waals surface area contributed by atoms with Gasteiger partial charge in [0.15, 0.2) is 0 Å². The number of furan rings is 1. The highest BCUT2D eigenvalue weighted by Crippen LogP contribution is 2.24. The van der Waals surface area contributed by atoms with Crippen LogP contribution in [0.5, 0.6) is 0 Å². The van der Waals surface area contributed by atoms with E-state index < -0.39 is 0 Å². The fourth-order valence-corrected chi connectivity index (χ4v) is 3.63. The molecule has 1 saturated heterocycles. The van der Waals surface area contributed by atoms with Crippen LogP contribution in [-0.2, 0) is 11.3 Å². The van der Waals surface area contributed by atoms with Gasteiger partial charge < -0.3 is 25.1 Å². The SMILES string of the molecule is CNC(=O)c1coc(CNC(=O)NC[C@H]2CN(C(C)c3ccc(C)c(C)c3)CCO2)c1. The topological polar surface area (TPSA) is 95.8 Å². The molecule has 1 fully saturated rings. The molecule has 8 heteroatoms. The molecule has 2 atom stereocenters. The number of amides is 3. The van der Waals surface area contributed by atoms with Crippen LogP contribution in [0.2, 0.25) is 0 Å². The lowest BCUT2D eigenvalue weighted by Crippen LogP contribution is -2.49. The van der Waals surface area contributed by atoms with Crippen molar-refractivity contribution in [2.45, 2.75) is 39.5 Å². The van der Waals surface area contributed by atoms with Gasteiger partial charge in [-0.15, -0.1) is 0 Å². The third kappa shape index (κ3) is 6.08. The zero-order valence-corrected chi connectivity index (χ0v) is 18.7. The Morgan fingerprint density at radius 1 is 1.19 bits per heavy atom. The highest BCUT2D eigenvalue weighted by Gasteiger charge is 2.25. The molecule has 0 aliphatic carbocycles. The minimum Gasteiger partial charge on any atom is -0.467 e. The van der Waals surface area contributed by atoms with Crippen molar-refractivity contribution < 1.29 is 18.7 Å². The number of urea groups is 1. The molecule has 0 saturated carbocycles. The van der Waals surface area contributed by atoms with Crippen LogP contribution in [0.15, 0.2) is 34.9 Å². The lowest BCUT2D eigenvalue weighted by Gasteiger charge is -2.37. The molecule has 0 bridgehead atoms. The van der Waals surface area contributed by atoms with E-state index in [1.165, 1.54) is 23.0 Å². The summed E-state index contributed by atoms with van der Waals surface area (Å²) in [6.07, 6.45) is 1.30. The number of ether oxygens (including phenoxy) is 1. The molecular weight excluding hydrogens is 396 g/mol. The Balaban J connectivity index is 1.44. The number of carbonyl (C=O) groups excluding carboxylic acids is 2. The molecule has 31 heavy (non-hydrogen) atoms. The molecule has 1 aromatic carbocycles. The smallest absolute Gasteiger partial charge is 0.315 e. The number of hydrogen-bond acceptors (Lipinski definition) is 5. The lowest BCUT2D eigenvalue weighted by molar-refractivity contribution is -0.0388. The Morgan fingerprint density at radius 2 is 2.00 bits per heavy atom. The van der Waals surface area contributed by atoms with Gasteiger partial charge in [0.1, 0.15) is 12.0 Å². The zero-order valence-electron chi connectivity index (χ0n) is 18.7. The van der Waals surface area contributed by atoms with Gasteiger partial charge in [0.05, 0.1) is 24.8 Å². The highest BCUT2D eigenvalue weighted by molar-refractivity contribution is 5.93. The number of benzene rings is 1. The van der Waals surface area contributed by atoms with Gasteiger partial charge in [-0.1, -0.05) is 18.2 Å². The van der Waals surface area contributed by atoms with Crippen molar-refractivity contribution in [1.82, 2.24) is 20.9 Å². The van der Waals surface area contributed by atoms with Crippen molar-refractivity contribution >= 4 is 11.9 Å². The van der Waals surface area contributed by atoms with E-state index >= 15 is 0 Å². The molecule has 1 aliphatic rings. The second kappa shape index (κ2) is 10.5. The summed E-state index contributed by atoms with van der Waals surface area (Å²) in [4.78, 5) is 26.1. The predicted molar refractivity (Wildman–Crippen MR) is 118 cm³/mol. The summed E-state index contributed by atoms with van der Waals surface area (Å²) in [6.45, 7) is 9.34. The summed E-state index contributed by atoms with van der Waals surface area (Å²) in [6, 6.07) is 8.19. The second-order valence-corrected chi connectivity index (χ2v) is 7.95. The predicted octanol–water partition coefficient (Wildman–Crippen LogP) is 2.52. The normalized spacial score (nSPS) is 17.7. The van der Waals surface area contributed by atoms with Gasteiger partial charge in [-0.05, 0) is 43.5 Å². The fourth-order valence-electron chi connectivity index (χ4n) is 3.63. The van der Waals surface area contributed by atoms with Crippen molar-refractivity contribution in [1.29, 1.82) is 0 Å². The second-order valence-electron chi connectivity index (χ2n) is 7.95. The first-order chi connectivity index (χ1) is 14.9. The van der Waals surface area contributed by atoms with Crippen LogP contribution in [-0.4, -0.2) is 56.2 Å². The first-order valence-corrected chi connectivity index (χ1v) is 10.6. The number of morpholine rings is 1. The molecule has 1 unspecified atom stereocenters. The third-order valence-corrected chi connectivity index (χ3v) is 5.79. The number of nitrogens with zero attached hydrogens (tertiary/aromatic N) is 1. The maximum absolute atomic E-state index is 12.1. The van der Waals surface area contributed by atoms with Crippen molar-refractivity contribution in [3.05, 3.63) is 58.5 Å². The van der Waals surface area contributed by atoms with E-state index in [9.17, 15) is 9.59 Å². The zero-order chi connectivity index (χ0) is 22.4. The molecule has 0 spiro atoms. The quantitative estimate of drug-likeness (QED) is 0.630. The number of rotatable bonds is 7. The average Bonchev–Trinajstić information content (AvgIpc) is 3.26. The number of carbonyl (C=O) groups is 2. The van der Waals surface area contributed by atoms with Crippen LogP contribution in [0.1, 0.15) is 45.8 Å². The number of aryl methyl sites for hydroxylation is 2. The molecule has 168 valence electrons. The Morgan fingerprint density at radius 3 is 2.74 bits per heavy atom. The lowest BCUT2D eigenvalue weighted by atomic mass is 10.0.